The second-order valence-corrected chi connectivity index (χ2v) is 4.57. The number of rotatable bonds is 4. The van der Waals surface area contributed by atoms with Gasteiger partial charge in [-0.1, -0.05) is 13.8 Å². The van der Waals surface area contributed by atoms with Crippen molar-refractivity contribution in [1.29, 1.82) is 0 Å². The molecule has 4 nitrogen and oxygen atoms in total. The van der Waals surface area contributed by atoms with Gasteiger partial charge in [-0.05, 0) is 12.1 Å². The predicted molar refractivity (Wildman–Crippen MR) is 70.4 cm³/mol. The lowest BCUT2D eigenvalue weighted by atomic mass is 10.2. The van der Waals surface area contributed by atoms with Gasteiger partial charge < -0.3 is 10.5 Å². The molecule has 106 valence electrons. The van der Waals surface area contributed by atoms with E-state index < -0.39 is 11.6 Å². The summed E-state index contributed by atoms with van der Waals surface area (Å²) >= 11 is 0. The van der Waals surface area contributed by atoms with Crippen LogP contribution in [0.4, 0.5) is 8.78 Å². The number of benzene rings is 1. The Kier molecular flexibility index (Phi) is 4.24. The van der Waals surface area contributed by atoms with Crippen molar-refractivity contribution in [2.75, 3.05) is 0 Å². The topological polar surface area (TPSA) is 61.0 Å². The van der Waals surface area contributed by atoms with Crippen LogP contribution in [0.15, 0.2) is 24.4 Å². The van der Waals surface area contributed by atoms with Gasteiger partial charge in [-0.15, -0.1) is 0 Å². The number of ether oxygens (including phenoxy) is 1. The summed E-state index contributed by atoms with van der Waals surface area (Å²) in [6.07, 6.45) is 1.45. The summed E-state index contributed by atoms with van der Waals surface area (Å²) in [5, 5.41) is 0. The zero-order valence-electron chi connectivity index (χ0n) is 11.2. The van der Waals surface area contributed by atoms with Crippen LogP contribution in [0.5, 0.6) is 11.5 Å². The number of hydrogen-bond acceptors (Lipinski definition) is 4. The highest BCUT2D eigenvalue weighted by Gasteiger charge is 2.13. The van der Waals surface area contributed by atoms with Gasteiger partial charge in [-0.2, -0.15) is 0 Å². The first-order valence-corrected chi connectivity index (χ1v) is 6.20. The van der Waals surface area contributed by atoms with E-state index in [-0.39, 0.29) is 24.0 Å². The summed E-state index contributed by atoms with van der Waals surface area (Å²) in [6.45, 7) is 4.05. The molecule has 0 aliphatic heterocycles. The molecule has 0 spiro atoms. The smallest absolute Gasteiger partial charge is 0.168 e. The average Bonchev–Trinajstić information content (AvgIpc) is 2.42. The van der Waals surface area contributed by atoms with E-state index in [1.807, 2.05) is 13.8 Å². The molecule has 0 amide bonds. The zero-order valence-corrected chi connectivity index (χ0v) is 11.2. The second kappa shape index (κ2) is 5.92. The molecule has 0 radical (unpaired) electrons. The van der Waals surface area contributed by atoms with Gasteiger partial charge in [0.2, 0.25) is 0 Å². The number of hydrogen-bond donors (Lipinski definition) is 1. The fourth-order valence-corrected chi connectivity index (χ4v) is 1.61. The van der Waals surface area contributed by atoms with Crippen molar-refractivity contribution in [2.24, 2.45) is 5.73 Å². The summed E-state index contributed by atoms with van der Waals surface area (Å²) in [5.41, 5.74) is 6.09. The lowest BCUT2D eigenvalue weighted by Crippen LogP contribution is -2.08. The fourth-order valence-electron chi connectivity index (χ4n) is 1.61. The molecule has 0 aliphatic carbocycles. The maximum atomic E-state index is 13.5. The molecule has 1 heterocycles. The maximum absolute atomic E-state index is 13.5. The highest BCUT2D eigenvalue weighted by molar-refractivity contribution is 5.34. The molecular weight excluding hydrogens is 264 g/mol. The molecule has 20 heavy (non-hydrogen) atoms. The molecule has 0 saturated carbocycles. The van der Waals surface area contributed by atoms with Gasteiger partial charge in [0.15, 0.2) is 17.3 Å². The molecule has 1 aromatic carbocycles. The van der Waals surface area contributed by atoms with Gasteiger partial charge in [0, 0.05) is 18.5 Å². The molecule has 0 aliphatic rings. The van der Waals surface area contributed by atoms with Crippen LogP contribution < -0.4 is 10.5 Å². The molecule has 0 bridgehead atoms. The van der Waals surface area contributed by atoms with Gasteiger partial charge in [0.05, 0.1) is 6.20 Å². The van der Waals surface area contributed by atoms with Crippen molar-refractivity contribution in [1.82, 2.24) is 9.97 Å². The van der Waals surface area contributed by atoms with E-state index in [1.165, 1.54) is 12.3 Å². The summed E-state index contributed by atoms with van der Waals surface area (Å²) in [6, 6.07) is 3.08. The molecule has 2 rings (SSSR count). The van der Waals surface area contributed by atoms with E-state index in [0.29, 0.717) is 11.5 Å². The fraction of sp³-hybridized carbons (Fsp3) is 0.286. The van der Waals surface area contributed by atoms with Crippen LogP contribution in [0.25, 0.3) is 0 Å². The first-order chi connectivity index (χ1) is 9.51. The summed E-state index contributed by atoms with van der Waals surface area (Å²) in [7, 11) is 0. The van der Waals surface area contributed by atoms with Gasteiger partial charge in [-0.25, -0.2) is 18.7 Å². The van der Waals surface area contributed by atoms with Crippen molar-refractivity contribution in [3.8, 4) is 11.5 Å². The minimum atomic E-state index is -0.791. The third-order valence-electron chi connectivity index (χ3n) is 2.67. The van der Waals surface area contributed by atoms with Gasteiger partial charge in [0.25, 0.3) is 0 Å². The maximum Gasteiger partial charge on any atom is 0.168 e. The van der Waals surface area contributed by atoms with E-state index >= 15 is 0 Å². The van der Waals surface area contributed by atoms with Crippen LogP contribution in [0.3, 0.4) is 0 Å². The Hall–Kier alpha value is -2.08. The second-order valence-electron chi connectivity index (χ2n) is 4.57. The SMILES string of the molecule is CC(C)c1ncc(Oc2ccc(F)cc2F)c(CN)n1. The van der Waals surface area contributed by atoms with E-state index in [2.05, 4.69) is 9.97 Å². The van der Waals surface area contributed by atoms with Crippen LogP contribution >= 0.6 is 0 Å². The molecule has 1 aromatic heterocycles. The highest BCUT2D eigenvalue weighted by atomic mass is 19.1. The van der Waals surface area contributed by atoms with Crippen molar-refractivity contribution in [2.45, 2.75) is 26.3 Å². The lowest BCUT2D eigenvalue weighted by Gasteiger charge is -2.12. The van der Waals surface area contributed by atoms with E-state index in [1.54, 1.807) is 0 Å². The van der Waals surface area contributed by atoms with Crippen LogP contribution in [-0.4, -0.2) is 9.97 Å². The molecule has 6 heteroatoms. The number of halogens is 2. The Morgan fingerprint density at radius 1 is 1.25 bits per heavy atom. The monoisotopic (exact) mass is 279 g/mol. The molecule has 0 atom stereocenters. The van der Waals surface area contributed by atoms with Crippen LogP contribution in [0.2, 0.25) is 0 Å². The Morgan fingerprint density at radius 2 is 2.00 bits per heavy atom. The quantitative estimate of drug-likeness (QED) is 0.934. The van der Waals surface area contributed by atoms with E-state index in [9.17, 15) is 8.78 Å². The Bertz CT molecular complexity index is 617. The predicted octanol–water partition coefficient (Wildman–Crippen LogP) is 3.13. The van der Waals surface area contributed by atoms with Gasteiger partial charge in [-0.3, -0.25) is 0 Å². The van der Waals surface area contributed by atoms with E-state index in [0.717, 1.165) is 12.1 Å². The molecule has 2 N–H and O–H groups in total. The first kappa shape index (κ1) is 14.3. The lowest BCUT2D eigenvalue weighted by molar-refractivity contribution is 0.428. The number of aromatic nitrogens is 2. The number of nitrogens with zero attached hydrogens (tertiary/aromatic N) is 2. The zero-order chi connectivity index (χ0) is 14.7. The molecule has 0 fully saturated rings. The van der Waals surface area contributed by atoms with Crippen LogP contribution in [-0.2, 0) is 6.54 Å². The van der Waals surface area contributed by atoms with Crippen molar-refractivity contribution < 1.29 is 13.5 Å². The van der Waals surface area contributed by atoms with Crippen LogP contribution in [0.1, 0.15) is 31.3 Å². The first-order valence-electron chi connectivity index (χ1n) is 6.20. The number of nitrogens with two attached hydrogens (primary N) is 1. The summed E-state index contributed by atoms with van der Waals surface area (Å²) in [5.74, 6) is -0.500. The third kappa shape index (κ3) is 3.08. The molecule has 0 saturated heterocycles. The molecule has 2 aromatic rings. The summed E-state index contributed by atoms with van der Waals surface area (Å²) in [4.78, 5) is 8.42. The largest absolute Gasteiger partial charge is 0.451 e. The Balaban J connectivity index is 2.33. The van der Waals surface area contributed by atoms with Crippen molar-refractivity contribution in [3.05, 3.63) is 47.5 Å². The average molecular weight is 279 g/mol. The Labute approximate surface area is 115 Å². The van der Waals surface area contributed by atoms with E-state index in [4.69, 9.17) is 10.5 Å². The minimum Gasteiger partial charge on any atom is -0.451 e. The highest BCUT2D eigenvalue weighted by Crippen LogP contribution is 2.27. The van der Waals surface area contributed by atoms with Crippen molar-refractivity contribution in [3.63, 3.8) is 0 Å². The van der Waals surface area contributed by atoms with Gasteiger partial charge >= 0.3 is 0 Å². The normalized spacial score (nSPS) is 10.9. The Morgan fingerprint density at radius 3 is 2.60 bits per heavy atom. The minimum absolute atomic E-state index is 0.0954. The summed E-state index contributed by atoms with van der Waals surface area (Å²) < 4.78 is 31.7. The third-order valence-corrected chi connectivity index (χ3v) is 2.67. The van der Waals surface area contributed by atoms with Gasteiger partial charge in [0.1, 0.15) is 17.3 Å². The van der Waals surface area contributed by atoms with Crippen molar-refractivity contribution >= 4 is 0 Å². The standard InChI is InChI=1S/C14H15F2N3O/c1-8(2)14-18-7-13(11(6-17)19-14)20-12-4-3-9(15)5-10(12)16/h3-5,7-8H,6,17H2,1-2H3. The van der Waals surface area contributed by atoms with Crippen LogP contribution in [0, 0.1) is 11.6 Å². The molecule has 0 unspecified atom stereocenters. The molecular formula is C14H15F2N3O.